The number of benzene rings is 2. The number of alkyl halides is 1. The number of esters is 1. The maximum absolute atomic E-state index is 14.3. The van der Waals surface area contributed by atoms with Gasteiger partial charge < -0.3 is 14.0 Å². The Bertz CT molecular complexity index is 1000. The van der Waals surface area contributed by atoms with Crippen molar-refractivity contribution in [2.75, 3.05) is 13.1 Å². The normalized spacial score (nSPS) is 31.6. The first-order chi connectivity index (χ1) is 16.4. The molecule has 34 heavy (non-hydrogen) atoms. The first-order valence-electron chi connectivity index (χ1n) is 13.0. The molecule has 2 aromatic carbocycles. The lowest BCUT2D eigenvalue weighted by atomic mass is 9.39. The smallest absolute Gasteiger partial charge is 0.348 e. The summed E-state index contributed by atoms with van der Waals surface area (Å²) in [4.78, 5) is 14.3. The molecule has 2 saturated heterocycles. The Morgan fingerprint density at radius 3 is 2.06 bits per heavy atom. The number of hydrogen-bond acceptors (Lipinski definition) is 3. The molecule has 2 spiro atoms. The average Bonchev–Trinajstić information content (AvgIpc) is 3.30. The van der Waals surface area contributed by atoms with Crippen LogP contribution in [-0.2, 0) is 19.9 Å². The molecule has 0 N–H and O–H groups in total. The zero-order chi connectivity index (χ0) is 23.6. The van der Waals surface area contributed by atoms with Crippen molar-refractivity contribution in [2.45, 2.75) is 75.3 Å². The standard InChI is InChI=1S/C29H35ClNO3/c1-20(2)26(30)34-29(21-11-5-3-6-12-21,22-13-7-4-8-14-22)27(32)33-25-19-24-28(25)16-15-23(28)31(24)17-9-10-18-31/h3-8,11-14,20,23-26H,9-10,15-19H2,1-2H3/q+1. The second-order valence-electron chi connectivity index (χ2n) is 11.2. The molecular weight excluding hydrogens is 446 g/mol. The van der Waals surface area contributed by atoms with Gasteiger partial charge in [0.25, 0.3) is 0 Å². The van der Waals surface area contributed by atoms with Crippen molar-refractivity contribution in [1.29, 1.82) is 0 Å². The summed E-state index contributed by atoms with van der Waals surface area (Å²) in [5, 5.41) is 0. The zero-order valence-electron chi connectivity index (χ0n) is 20.2. The van der Waals surface area contributed by atoms with E-state index in [1.54, 1.807) is 0 Å². The molecule has 0 aromatic heterocycles. The van der Waals surface area contributed by atoms with E-state index in [1.807, 2.05) is 74.5 Å². The molecule has 2 aliphatic carbocycles. The monoisotopic (exact) mass is 480 g/mol. The van der Waals surface area contributed by atoms with Gasteiger partial charge in [0.15, 0.2) is 0 Å². The molecule has 2 saturated carbocycles. The molecular formula is C29H35ClNO3+. The van der Waals surface area contributed by atoms with Gasteiger partial charge in [0.1, 0.15) is 29.2 Å². The van der Waals surface area contributed by atoms with Crippen molar-refractivity contribution in [3.8, 4) is 0 Å². The molecule has 2 aliphatic heterocycles. The lowest BCUT2D eigenvalue weighted by molar-refractivity contribution is -1.05. The lowest BCUT2D eigenvalue weighted by Gasteiger charge is -2.80. The van der Waals surface area contributed by atoms with Crippen LogP contribution in [0.4, 0.5) is 0 Å². The van der Waals surface area contributed by atoms with E-state index in [0.717, 1.165) is 17.5 Å². The molecule has 2 heterocycles. The first-order valence-corrected chi connectivity index (χ1v) is 13.4. The second-order valence-corrected chi connectivity index (χ2v) is 11.6. The summed E-state index contributed by atoms with van der Waals surface area (Å²) in [5.41, 5.74) is -0.319. The Morgan fingerprint density at radius 1 is 1.00 bits per heavy atom. The van der Waals surface area contributed by atoms with Crippen LogP contribution in [-0.4, -0.2) is 47.3 Å². The molecule has 4 fully saturated rings. The molecule has 4 nitrogen and oxygen atoms in total. The van der Waals surface area contributed by atoms with Gasteiger partial charge in [-0.2, -0.15) is 0 Å². The van der Waals surface area contributed by atoms with Crippen molar-refractivity contribution < 1.29 is 18.8 Å². The van der Waals surface area contributed by atoms with Crippen LogP contribution in [0.2, 0.25) is 0 Å². The highest BCUT2D eigenvalue weighted by Gasteiger charge is 2.86. The van der Waals surface area contributed by atoms with Crippen molar-refractivity contribution in [3.63, 3.8) is 0 Å². The Hall–Kier alpha value is -1.88. The molecule has 0 radical (unpaired) electrons. The van der Waals surface area contributed by atoms with Crippen LogP contribution >= 0.6 is 11.6 Å². The third-order valence-corrected chi connectivity index (χ3v) is 10.1. The third kappa shape index (κ3) is 2.88. The summed E-state index contributed by atoms with van der Waals surface area (Å²) in [5.74, 6) is -0.297. The van der Waals surface area contributed by atoms with Gasteiger partial charge >= 0.3 is 5.97 Å². The second kappa shape index (κ2) is 8.08. The fraction of sp³-hybridized carbons (Fsp3) is 0.552. The van der Waals surface area contributed by atoms with E-state index in [0.29, 0.717) is 12.1 Å². The maximum atomic E-state index is 14.3. The highest BCUT2D eigenvalue weighted by molar-refractivity contribution is 6.20. The van der Waals surface area contributed by atoms with Gasteiger partial charge in [0.05, 0.1) is 13.1 Å². The van der Waals surface area contributed by atoms with E-state index in [4.69, 9.17) is 21.1 Å². The first kappa shape index (κ1) is 22.6. The molecule has 5 unspecified atom stereocenters. The molecule has 0 bridgehead atoms. The summed E-state index contributed by atoms with van der Waals surface area (Å²) >= 11 is 6.70. The summed E-state index contributed by atoms with van der Waals surface area (Å²) in [6, 6.07) is 20.8. The fourth-order valence-corrected chi connectivity index (χ4v) is 7.91. The topological polar surface area (TPSA) is 35.5 Å². The van der Waals surface area contributed by atoms with Crippen molar-refractivity contribution in [2.24, 2.45) is 11.3 Å². The van der Waals surface area contributed by atoms with Gasteiger partial charge in [-0.05, 0) is 23.5 Å². The number of carbonyl (C=O) groups excluding carboxylic acids is 1. The molecule has 2 aromatic rings. The van der Waals surface area contributed by atoms with E-state index in [-0.39, 0.29) is 23.4 Å². The Kier molecular flexibility index (Phi) is 5.36. The SMILES string of the molecule is CC(C)C(Cl)OC(C(=O)OC1CC2C13CCC3[N+]21CCCC1)(c1ccccc1)c1ccccc1. The van der Waals surface area contributed by atoms with Crippen LogP contribution in [0.1, 0.15) is 57.1 Å². The summed E-state index contributed by atoms with van der Waals surface area (Å²) in [7, 11) is 0. The quantitative estimate of drug-likeness (QED) is 0.293. The number of ether oxygens (including phenoxy) is 2. The molecule has 6 rings (SSSR count). The molecule has 0 amide bonds. The highest BCUT2D eigenvalue weighted by atomic mass is 35.5. The Labute approximate surface area is 207 Å². The van der Waals surface area contributed by atoms with Crippen LogP contribution in [0.3, 0.4) is 0 Å². The zero-order valence-corrected chi connectivity index (χ0v) is 20.9. The van der Waals surface area contributed by atoms with E-state index in [1.165, 1.54) is 43.3 Å². The number of quaternary nitrogens is 1. The minimum Gasteiger partial charge on any atom is -0.458 e. The van der Waals surface area contributed by atoms with Gasteiger partial charge in [0, 0.05) is 25.7 Å². The predicted octanol–water partition coefficient (Wildman–Crippen LogP) is 5.62. The molecule has 4 aliphatic rings. The maximum Gasteiger partial charge on any atom is 0.348 e. The minimum atomic E-state index is -1.40. The van der Waals surface area contributed by atoms with Gasteiger partial charge in [-0.25, -0.2) is 4.79 Å². The Balaban J connectivity index is 1.35. The number of piperidine rings is 2. The van der Waals surface area contributed by atoms with Crippen LogP contribution in [0, 0.1) is 11.3 Å². The lowest BCUT2D eigenvalue weighted by Crippen LogP contribution is -2.94. The van der Waals surface area contributed by atoms with Crippen molar-refractivity contribution in [1.82, 2.24) is 0 Å². The van der Waals surface area contributed by atoms with Crippen molar-refractivity contribution in [3.05, 3.63) is 71.8 Å². The van der Waals surface area contributed by atoms with E-state index >= 15 is 0 Å². The van der Waals surface area contributed by atoms with Crippen LogP contribution in [0.5, 0.6) is 0 Å². The molecule has 180 valence electrons. The average molecular weight is 481 g/mol. The predicted molar refractivity (Wildman–Crippen MR) is 132 cm³/mol. The fourth-order valence-electron chi connectivity index (χ4n) is 7.78. The minimum absolute atomic E-state index is 0.0173. The molecule has 5 heteroatoms. The van der Waals surface area contributed by atoms with Gasteiger partial charge in [-0.1, -0.05) is 86.1 Å². The number of halogens is 1. The summed E-state index contributed by atoms with van der Waals surface area (Å²) < 4.78 is 14.3. The third-order valence-electron chi connectivity index (χ3n) is 9.48. The number of hydrogen-bond donors (Lipinski definition) is 0. The van der Waals surface area contributed by atoms with Gasteiger partial charge in [0.2, 0.25) is 5.60 Å². The number of rotatable bonds is 7. The number of fused-ring (bicyclic) bond motifs is 2. The highest BCUT2D eigenvalue weighted by Crippen LogP contribution is 2.73. The number of carbonyl (C=O) groups is 1. The van der Waals surface area contributed by atoms with E-state index < -0.39 is 11.2 Å². The largest absolute Gasteiger partial charge is 0.458 e. The summed E-state index contributed by atoms with van der Waals surface area (Å²) in [6.45, 7) is 6.65. The van der Waals surface area contributed by atoms with E-state index in [9.17, 15) is 4.79 Å². The number of nitrogens with zero attached hydrogens (tertiary/aromatic N) is 1. The Morgan fingerprint density at radius 2 is 1.59 bits per heavy atom. The van der Waals surface area contributed by atoms with Gasteiger partial charge in [-0.3, -0.25) is 0 Å². The van der Waals surface area contributed by atoms with Crippen LogP contribution < -0.4 is 0 Å². The van der Waals surface area contributed by atoms with Crippen LogP contribution in [0.15, 0.2) is 60.7 Å². The van der Waals surface area contributed by atoms with E-state index in [2.05, 4.69) is 0 Å². The summed E-state index contributed by atoms with van der Waals surface area (Å²) in [6.07, 6.45) is 6.13. The van der Waals surface area contributed by atoms with Crippen molar-refractivity contribution >= 4 is 17.6 Å². The van der Waals surface area contributed by atoms with Crippen LogP contribution in [0.25, 0.3) is 0 Å². The van der Waals surface area contributed by atoms with Gasteiger partial charge in [-0.15, -0.1) is 0 Å². The molecule has 5 atom stereocenters.